The molecule has 2 aliphatic heterocycles. The van der Waals surface area contributed by atoms with Crippen molar-refractivity contribution in [2.75, 3.05) is 31.1 Å². The number of nitro benzene ring substituents is 1. The predicted octanol–water partition coefficient (Wildman–Crippen LogP) is 3.37. The summed E-state index contributed by atoms with van der Waals surface area (Å²) in [4.78, 5) is 31.4. The van der Waals surface area contributed by atoms with Gasteiger partial charge in [-0.3, -0.25) is 19.9 Å². The van der Waals surface area contributed by atoms with Crippen molar-refractivity contribution in [2.24, 2.45) is 5.92 Å². The minimum Gasteiger partial charge on any atom is -0.371 e. The standard InChI is InChI=1S/C20H24N4O3/c25-20-3-1-2-10-23(20)14-15-7-11-22(12-8-15)18-4-5-19(24(26)27)17-13-21-9-6-16(17)18/h4-6,9,13,15H,1-3,7-8,10-12,14H2. The summed E-state index contributed by atoms with van der Waals surface area (Å²) >= 11 is 0. The highest BCUT2D eigenvalue weighted by Crippen LogP contribution is 2.35. The molecule has 2 aromatic rings. The van der Waals surface area contributed by atoms with Crippen LogP contribution in [0.25, 0.3) is 10.8 Å². The van der Waals surface area contributed by atoms with Gasteiger partial charge in [0.2, 0.25) is 5.91 Å². The second-order valence-electron chi connectivity index (χ2n) is 7.51. The molecule has 27 heavy (non-hydrogen) atoms. The molecule has 0 radical (unpaired) electrons. The van der Waals surface area contributed by atoms with Crippen molar-refractivity contribution in [2.45, 2.75) is 32.1 Å². The number of aromatic nitrogens is 1. The Morgan fingerprint density at radius 3 is 2.67 bits per heavy atom. The summed E-state index contributed by atoms with van der Waals surface area (Å²) in [7, 11) is 0. The van der Waals surface area contributed by atoms with Crippen LogP contribution in [0.4, 0.5) is 11.4 Å². The lowest BCUT2D eigenvalue weighted by atomic mass is 9.94. The normalized spacial score (nSPS) is 18.9. The number of benzene rings is 1. The van der Waals surface area contributed by atoms with Gasteiger partial charge in [0.15, 0.2) is 0 Å². The fourth-order valence-electron chi connectivity index (χ4n) is 4.32. The van der Waals surface area contributed by atoms with Crippen LogP contribution in [0, 0.1) is 16.0 Å². The molecule has 0 saturated carbocycles. The summed E-state index contributed by atoms with van der Waals surface area (Å²) in [5.41, 5.74) is 1.13. The van der Waals surface area contributed by atoms with Gasteiger partial charge in [-0.05, 0) is 43.7 Å². The zero-order valence-electron chi connectivity index (χ0n) is 15.3. The topological polar surface area (TPSA) is 79.6 Å². The number of hydrogen-bond donors (Lipinski definition) is 0. The molecule has 3 heterocycles. The van der Waals surface area contributed by atoms with E-state index in [9.17, 15) is 14.9 Å². The first kappa shape index (κ1) is 17.7. The molecule has 1 aromatic carbocycles. The van der Waals surface area contributed by atoms with Crippen LogP contribution in [-0.2, 0) is 4.79 Å². The first-order chi connectivity index (χ1) is 13.1. The van der Waals surface area contributed by atoms with Gasteiger partial charge < -0.3 is 9.80 Å². The number of carbonyl (C=O) groups is 1. The summed E-state index contributed by atoms with van der Waals surface area (Å²) in [6.07, 6.45) is 8.17. The molecule has 7 nitrogen and oxygen atoms in total. The van der Waals surface area contributed by atoms with Gasteiger partial charge in [0.1, 0.15) is 0 Å². The number of carbonyl (C=O) groups excluding carboxylic acids is 1. The van der Waals surface area contributed by atoms with Gasteiger partial charge in [-0.2, -0.15) is 0 Å². The van der Waals surface area contributed by atoms with Gasteiger partial charge in [-0.25, -0.2) is 0 Å². The second kappa shape index (κ2) is 7.50. The van der Waals surface area contributed by atoms with Crippen molar-refractivity contribution < 1.29 is 9.72 Å². The molecule has 1 aromatic heterocycles. The third-order valence-electron chi connectivity index (χ3n) is 5.82. The van der Waals surface area contributed by atoms with Gasteiger partial charge >= 0.3 is 0 Å². The number of likely N-dealkylation sites (tertiary alicyclic amines) is 1. The summed E-state index contributed by atoms with van der Waals surface area (Å²) in [6.45, 7) is 3.58. The van der Waals surface area contributed by atoms with Crippen molar-refractivity contribution >= 4 is 28.1 Å². The number of nitro groups is 1. The Balaban J connectivity index is 1.48. The predicted molar refractivity (Wildman–Crippen MR) is 104 cm³/mol. The van der Waals surface area contributed by atoms with E-state index in [4.69, 9.17) is 0 Å². The molecule has 2 saturated heterocycles. The van der Waals surface area contributed by atoms with Crippen LogP contribution in [0.2, 0.25) is 0 Å². The van der Waals surface area contributed by atoms with E-state index in [1.54, 1.807) is 18.5 Å². The van der Waals surface area contributed by atoms with Gasteiger partial charge in [0, 0.05) is 62.1 Å². The van der Waals surface area contributed by atoms with Crippen LogP contribution in [-0.4, -0.2) is 46.9 Å². The largest absolute Gasteiger partial charge is 0.371 e. The van der Waals surface area contributed by atoms with E-state index in [-0.39, 0.29) is 10.6 Å². The van der Waals surface area contributed by atoms with E-state index in [1.165, 1.54) is 0 Å². The summed E-state index contributed by atoms with van der Waals surface area (Å²) < 4.78 is 0. The highest BCUT2D eigenvalue weighted by atomic mass is 16.6. The Hall–Kier alpha value is -2.70. The van der Waals surface area contributed by atoms with Gasteiger partial charge in [0.25, 0.3) is 5.69 Å². The van der Waals surface area contributed by atoms with Crippen molar-refractivity contribution in [3.8, 4) is 0 Å². The minimum absolute atomic E-state index is 0.0975. The minimum atomic E-state index is -0.352. The molecule has 2 fully saturated rings. The quantitative estimate of drug-likeness (QED) is 0.611. The van der Waals surface area contributed by atoms with Crippen LogP contribution < -0.4 is 4.90 Å². The third kappa shape index (κ3) is 3.59. The molecule has 0 atom stereocenters. The molecular weight excluding hydrogens is 344 g/mol. The zero-order chi connectivity index (χ0) is 18.8. The van der Waals surface area contributed by atoms with Gasteiger partial charge in [0.05, 0.1) is 10.3 Å². The Kier molecular flexibility index (Phi) is 4.92. The molecular formula is C20H24N4O3. The van der Waals surface area contributed by atoms with Crippen LogP contribution in [0.5, 0.6) is 0 Å². The van der Waals surface area contributed by atoms with Gasteiger partial charge in [-0.15, -0.1) is 0 Å². The average Bonchev–Trinajstić information content (AvgIpc) is 2.69. The van der Waals surface area contributed by atoms with E-state index in [0.717, 1.165) is 62.9 Å². The number of amides is 1. The maximum absolute atomic E-state index is 12.0. The van der Waals surface area contributed by atoms with Crippen LogP contribution in [0.3, 0.4) is 0 Å². The highest BCUT2D eigenvalue weighted by Gasteiger charge is 2.26. The number of piperidine rings is 2. The molecule has 0 N–H and O–H groups in total. The fourth-order valence-corrected chi connectivity index (χ4v) is 4.32. The summed E-state index contributed by atoms with van der Waals surface area (Å²) in [6, 6.07) is 5.29. The fraction of sp³-hybridized carbons (Fsp3) is 0.500. The van der Waals surface area contributed by atoms with Crippen molar-refractivity contribution in [1.82, 2.24) is 9.88 Å². The number of rotatable bonds is 4. The molecule has 0 spiro atoms. The van der Waals surface area contributed by atoms with Crippen molar-refractivity contribution in [3.05, 3.63) is 40.7 Å². The summed E-state index contributed by atoms with van der Waals surface area (Å²) in [5.74, 6) is 0.840. The second-order valence-corrected chi connectivity index (χ2v) is 7.51. The first-order valence-electron chi connectivity index (χ1n) is 9.67. The number of hydrogen-bond acceptors (Lipinski definition) is 5. The third-order valence-corrected chi connectivity index (χ3v) is 5.82. The molecule has 0 aliphatic carbocycles. The number of anilines is 1. The smallest absolute Gasteiger partial charge is 0.278 e. The Morgan fingerprint density at radius 1 is 1.11 bits per heavy atom. The molecule has 1 amide bonds. The maximum atomic E-state index is 12.0. The van der Waals surface area contributed by atoms with E-state index in [0.29, 0.717) is 23.6 Å². The van der Waals surface area contributed by atoms with Crippen LogP contribution >= 0.6 is 0 Å². The summed E-state index contributed by atoms with van der Waals surface area (Å²) in [5, 5.41) is 12.8. The number of fused-ring (bicyclic) bond motifs is 1. The van der Waals surface area contributed by atoms with E-state index in [2.05, 4.69) is 9.88 Å². The van der Waals surface area contributed by atoms with Crippen LogP contribution in [0.15, 0.2) is 30.6 Å². The zero-order valence-corrected chi connectivity index (χ0v) is 15.3. The lowest BCUT2D eigenvalue weighted by molar-refractivity contribution is -0.383. The Labute approximate surface area is 158 Å². The lowest BCUT2D eigenvalue weighted by Crippen LogP contribution is -2.42. The van der Waals surface area contributed by atoms with E-state index >= 15 is 0 Å². The van der Waals surface area contributed by atoms with E-state index in [1.807, 2.05) is 17.0 Å². The molecule has 2 aliphatic rings. The highest BCUT2D eigenvalue weighted by molar-refractivity contribution is 5.99. The molecule has 0 bridgehead atoms. The average molecular weight is 368 g/mol. The lowest BCUT2D eigenvalue weighted by Gasteiger charge is -2.37. The Bertz CT molecular complexity index is 861. The van der Waals surface area contributed by atoms with E-state index < -0.39 is 0 Å². The molecule has 4 rings (SSSR count). The molecule has 0 unspecified atom stereocenters. The monoisotopic (exact) mass is 368 g/mol. The Morgan fingerprint density at radius 2 is 1.93 bits per heavy atom. The molecule has 142 valence electrons. The first-order valence-corrected chi connectivity index (χ1v) is 9.67. The number of pyridine rings is 1. The van der Waals surface area contributed by atoms with Gasteiger partial charge in [-0.1, -0.05) is 0 Å². The number of nitrogens with zero attached hydrogens (tertiary/aromatic N) is 4. The number of non-ortho nitro benzene ring substituents is 1. The SMILES string of the molecule is O=C1CCCCN1CC1CCN(c2ccc([N+](=O)[O-])c3cnccc23)CC1. The maximum Gasteiger partial charge on any atom is 0.278 e. The van der Waals surface area contributed by atoms with Crippen molar-refractivity contribution in [3.63, 3.8) is 0 Å². The van der Waals surface area contributed by atoms with Crippen LogP contribution in [0.1, 0.15) is 32.1 Å². The molecule has 7 heteroatoms. The van der Waals surface area contributed by atoms with Crippen molar-refractivity contribution in [1.29, 1.82) is 0 Å².